The van der Waals surface area contributed by atoms with Crippen molar-refractivity contribution in [2.45, 2.75) is 77.2 Å². The molecule has 0 amide bonds. The standard InChI is InChI=1S/C18H30N2S/c1-18(2,3)16-12-21-17(20-16)10-13-6-4-5-7-14(13)11-19-15-8-9-15/h12-15,19H,4-11H2,1-3H3. The van der Waals surface area contributed by atoms with Crippen LogP contribution in [0.25, 0.3) is 0 Å². The molecular formula is C18H30N2S. The minimum atomic E-state index is 0.189. The SMILES string of the molecule is CC(C)(C)c1csc(CC2CCCCC2CNC2CC2)n1. The molecule has 1 aromatic rings. The van der Waals surface area contributed by atoms with Crippen LogP contribution in [0.5, 0.6) is 0 Å². The molecular weight excluding hydrogens is 276 g/mol. The van der Waals surface area contributed by atoms with E-state index in [-0.39, 0.29) is 5.41 Å². The highest BCUT2D eigenvalue weighted by molar-refractivity contribution is 7.09. The summed E-state index contributed by atoms with van der Waals surface area (Å²) in [5.41, 5.74) is 1.46. The van der Waals surface area contributed by atoms with Gasteiger partial charge in [-0.1, -0.05) is 33.6 Å². The molecule has 21 heavy (non-hydrogen) atoms. The summed E-state index contributed by atoms with van der Waals surface area (Å²) in [6, 6.07) is 0.847. The molecule has 2 atom stereocenters. The molecule has 1 aromatic heterocycles. The van der Waals surface area contributed by atoms with E-state index in [9.17, 15) is 0 Å². The highest BCUT2D eigenvalue weighted by Gasteiger charge is 2.29. The third-order valence-corrected chi connectivity index (χ3v) is 5.94. The lowest BCUT2D eigenvalue weighted by molar-refractivity contribution is 0.227. The fourth-order valence-corrected chi connectivity index (χ4v) is 4.52. The molecule has 0 bridgehead atoms. The van der Waals surface area contributed by atoms with E-state index in [2.05, 4.69) is 31.5 Å². The molecule has 1 heterocycles. The summed E-state index contributed by atoms with van der Waals surface area (Å²) in [6.45, 7) is 8.02. The average Bonchev–Trinajstić information content (AvgIpc) is 3.14. The Balaban J connectivity index is 1.59. The van der Waals surface area contributed by atoms with Gasteiger partial charge in [0.05, 0.1) is 10.7 Å². The number of rotatable bonds is 5. The Labute approximate surface area is 133 Å². The van der Waals surface area contributed by atoms with Crippen LogP contribution >= 0.6 is 11.3 Å². The van der Waals surface area contributed by atoms with Crippen molar-refractivity contribution >= 4 is 11.3 Å². The third kappa shape index (κ3) is 4.29. The minimum absolute atomic E-state index is 0.189. The van der Waals surface area contributed by atoms with Crippen LogP contribution in [0.15, 0.2) is 5.38 Å². The van der Waals surface area contributed by atoms with Crippen molar-refractivity contribution in [3.8, 4) is 0 Å². The van der Waals surface area contributed by atoms with Gasteiger partial charge in [-0.2, -0.15) is 0 Å². The fourth-order valence-electron chi connectivity index (χ4n) is 3.40. The fraction of sp³-hybridized carbons (Fsp3) is 0.833. The van der Waals surface area contributed by atoms with Gasteiger partial charge in [0.15, 0.2) is 0 Å². The summed E-state index contributed by atoms with van der Waals surface area (Å²) in [4.78, 5) is 4.92. The summed E-state index contributed by atoms with van der Waals surface area (Å²) in [5.74, 6) is 1.73. The van der Waals surface area contributed by atoms with Gasteiger partial charge in [0, 0.05) is 23.3 Å². The average molecular weight is 307 g/mol. The minimum Gasteiger partial charge on any atom is -0.314 e. The van der Waals surface area contributed by atoms with Gasteiger partial charge in [-0.25, -0.2) is 4.98 Å². The zero-order valence-corrected chi connectivity index (χ0v) is 14.6. The topological polar surface area (TPSA) is 24.9 Å². The van der Waals surface area contributed by atoms with E-state index in [1.54, 1.807) is 0 Å². The molecule has 2 fully saturated rings. The first kappa shape index (κ1) is 15.5. The summed E-state index contributed by atoms with van der Waals surface area (Å²) < 4.78 is 0. The van der Waals surface area contributed by atoms with Crippen LogP contribution in [-0.2, 0) is 11.8 Å². The molecule has 0 aliphatic heterocycles. The molecule has 0 saturated heterocycles. The second-order valence-corrected chi connectivity index (χ2v) is 9.01. The first-order valence-electron chi connectivity index (χ1n) is 8.70. The van der Waals surface area contributed by atoms with Crippen LogP contribution in [-0.4, -0.2) is 17.6 Å². The molecule has 2 aliphatic carbocycles. The van der Waals surface area contributed by atoms with Crippen LogP contribution in [0.4, 0.5) is 0 Å². The molecule has 1 N–H and O–H groups in total. The maximum atomic E-state index is 4.92. The van der Waals surface area contributed by atoms with Crippen molar-refractivity contribution in [1.82, 2.24) is 10.3 Å². The third-order valence-electron chi connectivity index (χ3n) is 5.07. The monoisotopic (exact) mass is 306 g/mol. The second kappa shape index (κ2) is 6.37. The van der Waals surface area contributed by atoms with Crippen molar-refractivity contribution < 1.29 is 0 Å². The Morgan fingerprint density at radius 1 is 1.14 bits per heavy atom. The van der Waals surface area contributed by atoms with E-state index >= 15 is 0 Å². The number of nitrogens with zero attached hydrogens (tertiary/aromatic N) is 1. The van der Waals surface area contributed by atoms with Gasteiger partial charge in [0.2, 0.25) is 0 Å². The van der Waals surface area contributed by atoms with Gasteiger partial charge in [-0.3, -0.25) is 0 Å². The van der Waals surface area contributed by atoms with Gasteiger partial charge in [0.25, 0.3) is 0 Å². The van der Waals surface area contributed by atoms with Crippen LogP contribution < -0.4 is 5.32 Å². The molecule has 2 aliphatic rings. The number of thiazole rings is 1. The van der Waals surface area contributed by atoms with Gasteiger partial charge < -0.3 is 5.32 Å². The molecule has 2 saturated carbocycles. The normalized spacial score (nSPS) is 27.0. The summed E-state index contributed by atoms with van der Waals surface area (Å²) >= 11 is 1.88. The van der Waals surface area contributed by atoms with Crippen LogP contribution in [0.3, 0.4) is 0 Å². The van der Waals surface area contributed by atoms with E-state index < -0.39 is 0 Å². The van der Waals surface area contributed by atoms with Crippen LogP contribution in [0.2, 0.25) is 0 Å². The predicted octanol–water partition coefficient (Wildman–Crippen LogP) is 4.54. The summed E-state index contributed by atoms with van der Waals surface area (Å²) in [7, 11) is 0. The lowest BCUT2D eigenvalue weighted by Crippen LogP contribution is -2.32. The van der Waals surface area contributed by atoms with Gasteiger partial charge in [-0.05, 0) is 44.1 Å². The number of hydrogen-bond donors (Lipinski definition) is 1. The molecule has 2 nitrogen and oxygen atoms in total. The smallest absolute Gasteiger partial charge is 0.0931 e. The van der Waals surface area contributed by atoms with Crippen molar-refractivity contribution in [2.24, 2.45) is 11.8 Å². The van der Waals surface area contributed by atoms with Gasteiger partial charge in [0.1, 0.15) is 0 Å². The molecule has 3 heteroatoms. The Bertz CT molecular complexity index is 456. The molecule has 3 rings (SSSR count). The van der Waals surface area contributed by atoms with Crippen LogP contribution in [0, 0.1) is 11.8 Å². The molecule has 0 radical (unpaired) electrons. The first-order chi connectivity index (χ1) is 10.0. The van der Waals surface area contributed by atoms with Crippen molar-refractivity contribution in [3.63, 3.8) is 0 Å². The van der Waals surface area contributed by atoms with Crippen molar-refractivity contribution in [1.29, 1.82) is 0 Å². The quantitative estimate of drug-likeness (QED) is 0.864. The lowest BCUT2D eigenvalue weighted by Gasteiger charge is -2.31. The van der Waals surface area contributed by atoms with E-state index in [0.29, 0.717) is 0 Å². The predicted molar refractivity (Wildman–Crippen MR) is 91.0 cm³/mol. The second-order valence-electron chi connectivity index (χ2n) is 8.07. The van der Waals surface area contributed by atoms with Gasteiger partial charge in [-0.15, -0.1) is 11.3 Å². The highest BCUT2D eigenvalue weighted by Crippen LogP contribution is 2.34. The first-order valence-corrected chi connectivity index (χ1v) is 9.58. The van der Waals surface area contributed by atoms with E-state index in [0.717, 1.165) is 17.9 Å². The summed E-state index contributed by atoms with van der Waals surface area (Å²) in [5, 5.41) is 7.39. The maximum Gasteiger partial charge on any atom is 0.0931 e. The Hall–Kier alpha value is -0.410. The van der Waals surface area contributed by atoms with Crippen molar-refractivity contribution in [3.05, 3.63) is 16.1 Å². The molecule has 0 aromatic carbocycles. The van der Waals surface area contributed by atoms with E-state index in [4.69, 9.17) is 4.98 Å². The van der Waals surface area contributed by atoms with Crippen molar-refractivity contribution in [2.75, 3.05) is 6.54 Å². The Morgan fingerprint density at radius 3 is 2.48 bits per heavy atom. The molecule has 2 unspecified atom stereocenters. The highest BCUT2D eigenvalue weighted by atomic mass is 32.1. The zero-order valence-electron chi connectivity index (χ0n) is 13.8. The Kier molecular flexibility index (Phi) is 4.70. The number of aromatic nitrogens is 1. The Morgan fingerprint density at radius 2 is 1.86 bits per heavy atom. The van der Waals surface area contributed by atoms with E-state index in [1.807, 2.05) is 11.3 Å². The van der Waals surface area contributed by atoms with Crippen LogP contribution in [0.1, 0.15) is 70.0 Å². The largest absolute Gasteiger partial charge is 0.314 e. The number of nitrogens with one attached hydrogen (secondary N) is 1. The summed E-state index contributed by atoms with van der Waals surface area (Å²) in [6.07, 6.45) is 9.68. The zero-order chi connectivity index (χ0) is 14.9. The number of hydrogen-bond acceptors (Lipinski definition) is 3. The maximum absolute atomic E-state index is 4.92. The van der Waals surface area contributed by atoms with Gasteiger partial charge >= 0.3 is 0 Å². The van der Waals surface area contributed by atoms with E-state index in [1.165, 1.54) is 62.2 Å². The molecule has 0 spiro atoms. The molecule has 118 valence electrons. The lowest BCUT2D eigenvalue weighted by atomic mass is 9.77.